The molecule has 8 atom stereocenters. The highest BCUT2D eigenvalue weighted by Gasteiger charge is 2.72. The lowest BCUT2D eigenvalue weighted by molar-refractivity contribution is -0.438. The second-order valence-electron chi connectivity index (χ2n) is 28.2. The normalized spacial score (nSPS) is 22.5. The number of allylic oxidation sites excluding steroid dienone is 7. The fourth-order valence-corrected chi connectivity index (χ4v) is 14.8. The summed E-state index contributed by atoms with van der Waals surface area (Å²) in [6, 6.07) is 8.57. The Kier molecular flexibility index (Phi) is 31.7. The van der Waals surface area contributed by atoms with Crippen LogP contribution in [0.4, 0.5) is 16.2 Å². The van der Waals surface area contributed by atoms with E-state index in [-0.39, 0.29) is 119 Å². The van der Waals surface area contributed by atoms with E-state index >= 15 is 0 Å². The third-order valence-corrected chi connectivity index (χ3v) is 20.9. The minimum atomic E-state index is -4.38. The molecule has 2 aromatic rings. The third-order valence-electron chi connectivity index (χ3n) is 19.4. The minimum absolute atomic E-state index is 0.00874. The Bertz CT molecular complexity index is 3510. The number of benzene rings is 2. The highest BCUT2D eigenvalue weighted by atomic mass is 32.2. The van der Waals surface area contributed by atoms with Gasteiger partial charge in [0.2, 0.25) is 29.3 Å². The number of ether oxygens (including phenoxy) is 8. The van der Waals surface area contributed by atoms with E-state index in [1.165, 1.54) is 17.7 Å². The van der Waals surface area contributed by atoms with Gasteiger partial charge in [-0.1, -0.05) is 62.6 Å². The Morgan fingerprint density at radius 2 is 1.49 bits per heavy atom. The summed E-state index contributed by atoms with van der Waals surface area (Å²) in [5.74, 6) is -3.05. The lowest BCUT2D eigenvalue weighted by atomic mass is 9.68. The van der Waals surface area contributed by atoms with Crippen molar-refractivity contribution in [2.24, 2.45) is 11.8 Å². The number of anilines is 1. The van der Waals surface area contributed by atoms with E-state index in [0.717, 1.165) is 70.1 Å². The topological polar surface area (TPSA) is 363 Å². The molecule has 1 spiro atoms. The molecule has 30 heteroatoms. The van der Waals surface area contributed by atoms with Crippen molar-refractivity contribution in [3.05, 3.63) is 95.3 Å². The van der Waals surface area contributed by atoms with Crippen LogP contribution < -0.4 is 31.5 Å². The molecule has 1 unspecified atom stereocenters. The minimum Gasteiger partial charge on any atom is -0.480 e. The van der Waals surface area contributed by atoms with Crippen LogP contribution in [0.1, 0.15) is 145 Å². The summed E-state index contributed by atoms with van der Waals surface area (Å²) in [7, 11) is -2.77. The van der Waals surface area contributed by atoms with Crippen LogP contribution in [0.15, 0.2) is 93.9 Å². The van der Waals surface area contributed by atoms with E-state index in [1.807, 2.05) is 77.1 Å². The number of aliphatic carboxylic acids is 1. The molecule has 572 valence electrons. The largest absolute Gasteiger partial charge is 0.480 e. The Morgan fingerprint density at radius 3 is 2.14 bits per heavy atom. The molecule has 28 nitrogen and oxygen atoms in total. The number of epoxide rings is 2. The number of unbranched alkanes of at least 4 members (excludes halogenated alkanes) is 3. The highest BCUT2D eigenvalue weighted by Crippen LogP contribution is 2.60. The van der Waals surface area contributed by atoms with Gasteiger partial charge >= 0.3 is 12.1 Å². The maximum Gasteiger partial charge on any atom is 0.408 e. The summed E-state index contributed by atoms with van der Waals surface area (Å²) in [4.78, 5) is 78.9. The number of carbonyl (C=O) groups is 6. The molecule has 4 heterocycles. The molecule has 5 aliphatic rings. The number of likely N-dealkylation sites (N-methyl/N-ethyl adjacent to an activating group) is 1. The number of carbonyl (C=O) groups excluding carboxylic acids is 5. The summed E-state index contributed by atoms with van der Waals surface area (Å²) in [5, 5.41) is 36.1. The van der Waals surface area contributed by atoms with Crippen molar-refractivity contribution in [2.45, 2.75) is 196 Å². The first-order valence-corrected chi connectivity index (χ1v) is 37.7. The van der Waals surface area contributed by atoms with Crippen LogP contribution in [-0.4, -0.2) is 210 Å². The molecule has 0 aromatic heterocycles. The molecule has 3 fully saturated rings. The van der Waals surface area contributed by atoms with Crippen LogP contribution >= 0.6 is 12.0 Å². The number of fused-ring (bicyclic) bond motifs is 2. The van der Waals surface area contributed by atoms with Crippen LogP contribution in [0.3, 0.4) is 0 Å². The van der Waals surface area contributed by atoms with Crippen molar-refractivity contribution in [2.75, 3.05) is 104 Å². The summed E-state index contributed by atoms with van der Waals surface area (Å²) < 4.78 is 86.8. The lowest BCUT2D eigenvalue weighted by Crippen LogP contribution is -2.57. The van der Waals surface area contributed by atoms with Gasteiger partial charge in [-0.25, -0.2) is 14.8 Å². The molecule has 0 radical (unpaired) electrons. The predicted molar refractivity (Wildman–Crippen MR) is 384 cm³/mol. The first-order chi connectivity index (χ1) is 49.0. The van der Waals surface area contributed by atoms with Crippen LogP contribution in [0.5, 0.6) is 0 Å². The molecule has 8 N–H and O–H groups in total. The number of amides is 5. The molecule has 7 rings (SSSR count). The predicted octanol–water partition coefficient (Wildman–Crippen LogP) is 8.09. The molecule has 5 amide bonds. The van der Waals surface area contributed by atoms with Gasteiger partial charge in [0.1, 0.15) is 55.3 Å². The van der Waals surface area contributed by atoms with Gasteiger partial charge in [0, 0.05) is 85.5 Å². The highest BCUT2D eigenvalue weighted by molar-refractivity contribution is 7.94. The van der Waals surface area contributed by atoms with Gasteiger partial charge in [-0.3, -0.25) is 23.7 Å². The molecule has 4 aliphatic heterocycles. The van der Waals surface area contributed by atoms with Gasteiger partial charge in [0.05, 0.1) is 80.6 Å². The van der Waals surface area contributed by atoms with Crippen molar-refractivity contribution >= 4 is 74.9 Å². The third kappa shape index (κ3) is 23.4. The van der Waals surface area contributed by atoms with Crippen LogP contribution in [0.2, 0.25) is 0 Å². The van der Waals surface area contributed by atoms with Crippen LogP contribution in [0.25, 0.3) is 0 Å². The van der Waals surface area contributed by atoms with E-state index in [0.29, 0.717) is 64.8 Å². The zero-order valence-electron chi connectivity index (χ0n) is 61.3. The fourth-order valence-electron chi connectivity index (χ4n) is 13.9. The van der Waals surface area contributed by atoms with E-state index in [2.05, 4.69) is 87.9 Å². The summed E-state index contributed by atoms with van der Waals surface area (Å²) in [6.45, 7) is 23.0. The zero-order chi connectivity index (χ0) is 75.1. The van der Waals surface area contributed by atoms with Crippen molar-refractivity contribution < 1.29 is 104 Å². The molecule has 0 bridgehead atoms. The first kappa shape index (κ1) is 83.6. The van der Waals surface area contributed by atoms with Crippen molar-refractivity contribution in [1.82, 2.24) is 26.6 Å². The lowest BCUT2D eigenvalue weighted by Gasteiger charge is -2.42. The fraction of sp³-hybridized carbons (Fsp3) is 0.630. The number of hydrogen-bond donors (Lipinski definition) is 8. The number of methoxy groups -OCH3 is 1. The first-order valence-electron chi connectivity index (χ1n) is 35.5. The maximum atomic E-state index is 13.3. The monoisotopic (exact) mass is 1480 g/mol. The Morgan fingerprint density at radius 1 is 0.796 bits per heavy atom. The Hall–Kier alpha value is -6.65. The van der Waals surface area contributed by atoms with Gasteiger partial charge in [-0.15, -0.1) is 4.33 Å². The number of carboxylic acid groups (broad SMARTS) is 1. The molecule has 2 aromatic carbocycles. The average Bonchev–Trinajstić information content (AvgIpc) is 1.53. The number of carboxylic acids is 1. The molecule has 1 aliphatic carbocycles. The molecular formula is C73H108N7O21S2+. The molecule has 1 saturated carbocycles. The van der Waals surface area contributed by atoms with Crippen molar-refractivity contribution in [1.29, 1.82) is 0 Å². The van der Waals surface area contributed by atoms with Gasteiger partial charge in [-0.2, -0.15) is 13.0 Å². The molecular weight excluding hydrogens is 1370 g/mol. The number of nitrogens with one attached hydrogen (secondary N) is 5. The quantitative estimate of drug-likeness (QED) is 0.00357. The maximum absolute atomic E-state index is 13.3. The van der Waals surface area contributed by atoms with E-state index in [1.54, 1.807) is 13.2 Å². The summed E-state index contributed by atoms with van der Waals surface area (Å²) in [6.07, 6.45) is 16.1. The number of hydrogen-bond acceptors (Lipinski definition) is 21. The number of alkyl carbamates (subject to hydrolysis) is 1. The van der Waals surface area contributed by atoms with Crippen LogP contribution in [0, 0.1) is 11.8 Å². The van der Waals surface area contributed by atoms with E-state index < -0.39 is 68.8 Å². The van der Waals surface area contributed by atoms with Gasteiger partial charge in [0.15, 0.2) is 5.71 Å². The summed E-state index contributed by atoms with van der Waals surface area (Å²) >= 11 is 0.888. The smallest absolute Gasteiger partial charge is 0.408 e. The van der Waals surface area contributed by atoms with Crippen LogP contribution in [-0.2, 0) is 92.2 Å². The van der Waals surface area contributed by atoms with E-state index in [4.69, 9.17) is 47.5 Å². The second kappa shape index (κ2) is 39.1. The Labute approximate surface area is 609 Å². The number of rotatable bonds is 45. The average molecular weight is 1480 g/mol. The summed E-state index contributed by atoms with van der Waals surface area (Å²) in [5.41, 5.74) is 5.16. The number of nitrogens with zero attached hydrogens (tertiary/aromatic N) is 2. The molecule has 2 saturated heterocycles. The van der Waals surface area contributed by atoms with Crippen molar-refractivity contribution in [3.8, 4) is 0 Å². The second-order valence-corrected chi connectivity index (χ2v) is 30.4. The standard InChI is InChI=1S/C73H107N7O21S2/c1-12-79-55-29-27-51(103(89,90)91)44-53(55)71(8,9)58(79)22-15-13-16-23-59-70(6,7)52-43-50(102-101-100-88)26-28-56(52)80(59)36-20-14-17-24-61(81)74-33-19-18-21-54(68(85)86)77-63(83)46-96-42-40-93-37-34-75-62(82)45-95-41-39-94-38-35-76-67(84)64(49(4)5)78-69(87)98-57-31-32-73(47-97-73)66(65(57)92-11)72(10)60(99-72)30-25-48(2)3/h13,15-16,22-23,25-29,43-44,49,54,57,60,64-66H,12,14,17-21,24,30-42,45-47H2,1-11H3,(H7-,74,75,76,77,78,81,82,83,84,85,86,87,88,89,90,91)/p+1/t54-,57+,60+,64+,65+,66?,72-,73-/m0/s1. The van der Waals surface area contributed by atoms with Gasteiger partial charge in [0.25, 0.3) is 10.1 Å². The van der Waals surface area contributed by atoms with E-state index in [9.17, 15) is 46.8 Å². The van der Waals surface area contributed by atoms with Gasteiger partial charge < -0.3 is 74.5 Å². The van der Waals surface area contributed by atoms with Gasteiger partial charge in [-0.05, 0) is 141 Å². The Balaban J connectivity index is 0.698. The zero-order valence-corrected chi connectivity index (χ0v) is 63.0. The van der Waals surface area contributed by atoms with Crippen molar-refractivity contribution in [3.63, 3.8) is 0 Å². The SMILES string of the molecule is CCN1\C(=C/C=C/C=C/C2=[N+](CCCCCC(=O)NCCCC[C@H](NC(=O)COCCOCCNC(=O)COCCOCCNC(=O)[C@H](NC(=O)O[C@@H]3CC[C@]4(CO4)C([C@@]4(C)O[C@@H]4CC=C(C)C)[C@@H]3OC)C(C)C)C(=O)O)c3ccc(SOOO)cc3C2(C)C)C(C)(C)c2cc(S(=O)(=O)O)ccc21. The molecule has 103 heavy (non-hydrogen) atoms.